The van der Waals surface area contributed by atoms with E-state index in [1.165, 1.54) is 5.56 Å². The molecule has 0 amide bonds. The zero-order chi connectivity index (χ0) is 24.5. The number of carbonyl (C=O) groups is 1. The molecule has 190 valence electrons. The van der Waals surface area contributed by atoms with Gasteiger partial charge in [-0.15, -0.1) is 0 Å². The quantitative estimate of drug-likeness (QED) is 0.624. The Labute approximate surface area is 213 Å². The third-order valence-corrected chi connectivity index (χ3v) is 8.63. The van der Waals surface area contributed by atoms with Crippen molar-refractivity contribution in [3.05, 3.63) is 72.0 Å². The molecular weight excluding hydrogens is 452 g/mol. The van der Waals surface area contributed by atoms with Crippen molar-refractivity contribution in [3.8, 4) is 5.75 Å². The van der Waals surface area contributed by atoms with Crippen LogP contribution in [-0.4, -0.2) is 67.3 Å². The molecule has 4 atom stereocenters. The van der Waals surface area contributed by atoms with Crippen molar-refractivity contribution in [2.75, 3.05) is 33.5 Å². The first kappa shape index (κ1) is 23.7. The van der Waals surface area contributed by atoms with Gasteiger partial charge in [-0.3, -0.25) is 14.6 Å². The molecule has 2 aromatic rings. The highest BCUT2D eigenvalue weighted by Crippen LogP contribution is 2.42. The number of ether oxygens (including phenoxy) is 3. The lowest BCUT2D eigenvalue weighted by molar-refractivity contribution is -0.179. The van der Waals surface area contributed by atoms with Gasteiger partial charge >= 0.3 is 0 Å². The van der Waals surface area contributed by atoms with Crippen LogP contribution in [0.25, 0.3) is 5.57 Å². The van der Waals surface area contributed by atoms with Crippen LogP contribution in [0, 0.1) is 11.8 Å². The van der Waals surface area contributed by atoms with E-state index in [0.717, 1.165) is 63.2 Å². The van der Waals surface area contributed by atoms with E-state index in [4.69, 9.17) is 14.2 Å². The van der Waals surface area contributed by atoms with E-state index in [1.54, 1.807) is 13.4 Å². The summed E-state index contributed by atoms with van der Waals surface area (Å²) in [7, 11) is 1.65. The summed E-state index contributed by atoms with van der Waals surface area (Å²) in [5.41, 5.74) is 2.96. The van der Waals surface area contributed by atoms with Gasteiger partial charge in [0, 0.05) is 25.0 Å². The first-order valence-corrected chi connectivity index (χ1v) is 13.4. The number of rotatable bonds is 5. The Morgan fingerprint density at radius 3 is 2.50 bits per heavy atom. The number of benzene rings is 2. The summed E-state index contributed by atoms with van der Waals surface area (Å²) in [5.74, 6) is 1.13. The Kier molecular flexibility index (Phi) is 6.83. The maximum absolute atomic E-state index is 13.5. The molecule has 3 heterocycles. The van der Waals surface area contributed by atoms with E-state index in [-0.39, 0.29) is 29.8 Å². The van der Waals surface area contributed by atoms with Crippen LogP contribution in [0.3, 0.4) is 0 Å². The normalized spacial score (nSPS) is 29.6. The number of carbonyl (C=O) groups excluding carboxylic acids is 1. The van der Waals surface area contributed by atoms with E-state index >= 15 is 0 Å². The van der Waals surface area contributed by atoms with E-state index in [9.17, 15) is 4.79 Å². The first-order chi connectivity index (χ1) is 17.7. The summed E-state index contributed by atoms with van der Waals surface area (Å²) >= 11 is 0. The van der Waals surface area contributed by atoms with Crippen molar-refractivity contribution < 1.29 is 19.0 Å². The monoisotopic (exact) mass is 488 g/mol. The van der Waals surface area contributed by atoms with Crippen LogP contribution < -0.4 is 4.74 Å². The Morgan fingerprint density at radius 2 is 1.75 bits per heavy atom. The number of ketones is 1. The third-order valence-electron chi connectivity index (χ3n) is 8.63. The largest absolute Gasteiger partial charge is 0.497 e. The fraction of sp³-hybridized carbons (Fsp3) is 0.500. The molecule has 1 saturated carbocycles. The van der Waals surface area contributed by atoms with Gasteiger partial charge in [0.15, 0.2) is 5.78 Å². The maximum Gasteiger partial charge on any atom is 0.173 e. The lowest BCUT2D eigenvalue weighted by Gasteiger charge is -2.50. The predicted molar refractivity (Wildman–Crippen MR) is 138 cm³/mol. The SMILES string of the molecule is COc1ccc(C2=COC3C(CCC4OCN(C5CCN(Cc6ccccc6)CC5)CC43)C2=O)cc1. The molecule has 36 heavy (non-hydrogen) atoms. The average Bonchev–Trinajstić information content (AvgIpc) is 2.94. The molecular formula is C30H36N2O4. The summed E-state index contributed by atoms with van der Waals surface area (Å²) in [6.07, 6.45) is 5.86. The molecule has 2 saturated heterocycles. The van der Waals surface area contributed by atoms with Gasteiger partial charge in [0.25, 0.3) is 0 Å². The second-order valence-corrected chi connectivity index (χ2v) is 10.7. The van der Waals surface area contributed by atoms with Crippen LogP contribution >= 0.6 is 0 Å². The lowest BCUT2D eigenvalue weighted by Crippen LogP contribution is -2.59. The van der Waals surface area contributed by atoms with E-state index in [2.05, 4.69) is 40.1 Å². The number of piperidine rings is 1. The Morgan fingerprint density at radius 1 is 0.972 bits per heavy atom. The molecule has 6 nitrogen and oxygen atoms in total. The number of hydrogen-bond acceptors (Lipinski definition) is 6. The van der Waals surface area contributed by atoms with Crippen LogP contribution in [0.15, 0.2) is 60.9 Å². The highest BCUT2D eigenvalue weighted by atomic mass is 16.5. The molecule has 0 spiro atoms. The summed E-state index contributed by atoms with van der Waals surface area (Å²) in [6, 6.07) is 18.9. The fourth-order valence-electron chi connectivity index (χ4n) is 6.58. The average molecular weight is 489 g/mol. The van der Waals surface area contributed by atoms with Gasteiger partial charge in [0.2, 0.25) is 0 Å². The van der Waals surface area contributed by atoms with Crippen molar-refractivity contribution in [1.82, 2.24) is 9.80 Å². The Bertz CT molecular complexity index is 1080. The van der Waals surface area contributed by atoms with Gasteiger partial charge in [0.05, 0.1) is 37.7 Å². The van der Waals surface area contributed by atoms with E-state index in [0.29, 0.717) is 18.3 Å². The molecule has 4 unspecified atom stereocenters. The predicted octanol–water partition coefficient (Wildman–Crippen LogP) is 4.35. The van der Waals surface area contributed by atoms with Gasteiger partial charge in [-0.2, -0.15) is 0 Å². The number of methoxy groups -OCH3 is 1. The van der Waals surface area contributed by atoms with Crippen molar-refractivity contribution >= 4 is 11.4 Å². The minimum atomic E-state index is -0.0979. The molecule has 4 aliphatic rings. The van der Waals surface area contributed by atoms with Crippen LogP contribution in [-0.2, 0) is 20.8 Å². The minimum Gasteiger partial charge on any atom is -0.497 e. The van der Waals surface area contributed by atoms with Crippen LogP contribution in [0.1, 0.15) is 36.8 Å². The zero-order valence-corrected chi connectivity index (χ0v) is 21.1. The number of allylic oxidation sites excluding steroid dienone is 1. The second-order valence-electron chi connectivity index (χ2n) is 10.7. The van der Waals surface area contributed by atoms with Crippen molar-refractivity contribution in [2.24, 2.45) is 11.8 Å². The Balaban J connectivity index is 1.09. The molecule has 2 aromatic carbocycles. The first-order valence-electron chi connectivity index (χ1n) is 13.4. The molecule has 0 bridgehead atoms. The highest BCUT2D eigenvalue weighted by molar-refractivity contribution is 6.22. The van der Waals surface area contributed by atoms with Gasteiger partial charge in [-0.05, 0) is 62.0 Å². The number of Topliss-reactive ketones (excluding diaryl/α,β-unsaturated/α-hetero) is 1. The van der Waals surface area contributed by atoms with Crippen LogP contribution in [0.4, 0.5) is 0 Å². The lowest BCUT2D eigenvalue weighted by atomic mass is 9.71. The number of fused-ring (bicyclic) bond motifs is 3. The molecule has 0 aromatic heterocycles. The molecule has 1 aliphatic carbocycles. The van der Waals surface area contributed by atoms with Crippen molar-refractivity contribution in [1.29, 1.82) is 0 Å². The van der Waals surface area contributed by atoms with Gasteiger partial charge in [-0.25, -0.2) is 0 Å². The second kappa shape index (κ2) is 10.4. The molecule has 6 heteroatoms. The fourth-order valence-corrected chi connectivity index (χ4v) is 6.58. The molecule has 0 radical (unpaired) electrons. The van der Waals surface area contributed by atoms with Gasteiger partial charge < -0.3 is 14.2 Å². The highest BCUT2D eigenvalue weighted by Gasteiger charge is 2.49. The van der Waals surface area contributed by atoms with Gasteiger partial charge in [-0.1, -0.05) is 42.5 Å². The standard InChI is InChI=1S/C30H36N2O4/c1-34-24-9-7-22(8-10-24)27-19-35-30-25(29(27)33)11-12-28-26(30)18-32(20-36-28)23-13-15-31(16-14-23)17-21-5-3-2-4-6-21/h2-10,19,23,25-26,28,30H,11-18,20H2,1H3. The zero-order valence-electron chi connectivity index (χ0n) is 21.1. The number of nitrogens with zero attached hydrogens (tertiary/aromatic N) is 2. The Hall–Kier alpha value is -2.67. The minimum absolute atomic E-state index is 0.0929. The molecule has 6 rings (SSSR count). The summed E-state index contributed by atoms with van der Waals surface area (Å²) in [4.78, 5) is 18.6. The van der Waals surface area contributed by atoms with Crippen molar-refractivity contribution in [2.45, 2.75) is 50.5 Å². The molecule has 3 fully saturated rings. The molecule has 0 N–H and O–H groups in total. The van der Waals surface area contributed by atoms with E-state index < -0.39 is 0 Å². The van der Waals surface area contributed by atoms with Crippen LogP contribution in [0.2, 0.25) is 0 Å². The maximum atomic E-state index is 13.5. The topological polar surface area (TPSA) is 51.2 Å². The molecule has 3 aliphatic heterocycles. The summed E-state index contributed by atoms with van der Waals surface area (Å²) in [5, 5.41) is 0. The summed E-state index contributed by atoms with van der Waals surface area (Å²) < 4.78 is 18.0. The number of likely N-dealkylation sites (tertiary alicyclic amines) is 1. The van der Waals surface area contributed by atoms with Gasteiger partial charge in [0.1, 0.15) is 11.9 Å². The van der Waals surface area contributed by atoms with Crippen molar-refractivity contribution in [3.63, 3.8) is 0 Å². The van der Waals surface area contributed by atoms with E-state index in [1.807, 2.05) is 24.3 Å². The summed E-state index contributed by atoms with van der Waals surface area (Å²) in [6.45, 7) is 4.90. The number of hydrogen-bond donors (Lipinski definition) is 0. The van der Waals surface area contributed by atoms with Crippen LogP contribution in [0.5, 0.6) is 5.75 Å². The smallest absolute Gasteiger partial charge is 0.173 e. The third kappa shape index (κ3) is 4.70.